The van der Waals surface area contributed by atoms with E-state index in [0.717, 1.165) is 35.0 Å². The molecular formula is C23H23FN2O2S. The van der Waals surface area contributed by atoms with Crippen LogP contribution in [0.25, 0.3) is 32.1 Å². The summed E-state index contributed by atoms with van der Waals surface area (Å²) in [5.74, 6) is 0.410. The van der Waals surface area contributed by atoms with Gasteiger partial charge in [-0.1, -0.05) is 26.0 Å². The zero-order valence-corrected chi connectivity index (χ0v) is 17.5. The number of pyridine rings is 1. The Morgan fingerprint density at radius 2 is 1.93 bits per heavy atom. The number of aromatic amines is 1. The van der Waals surface area contributed by atoms with Crippen LogP contribution in [0.2, 0.25) is 0 Å². The number of aromatic nitrogens is 1. The first-order valence-corrected chi connectivity index (χ1v) is 10.6. The average Bonchev–Trinajstić information content (AvgIpc) is 3.23. The molecule has 150 valence electrons. The summed E-state index contributed by atoms with van der Waals surface area (Å²) in [5.41, 5.74) is 2.79. The highest BCUT2D eigenvalue weighted by Crippen LogP contribution is 2.40. The Hall–Kier alpha value is -2.70. The summed E-state index contributed by atoms with van der Waals surface area (Å²) < 4.78 is 21.3. The first-order valence-electron chi connectivity index (χ1n) is 9.68. The topological polar surface area (TPSA) is 45.3 Å². The first kappa shape index (κ1) is 19.6. The van der Waals surface area contributed by atoms with E-state index in [1.807, 2.05) is 35.7 Å². The van der Waals surface area contributed by atoms with Crippen molar-refractivity contribution in [2.45, 2.75) is 20.4 Å². The van der Waals surface area contributed by atoms with Gasteiger partial charge in [-0.05, 0) is 48.3 Å². The second-order valence-electron chi connectivity index (χ2n) is 6.95. The van der Waals surface area contributed by atoms with Crippen molar-refractivity contribution in [1.82, 2.24) is 9.88 Å². The molecule has 0 radical (unpaired) electrons. The maximum Gasteiger partial charge on any atom is 0.266 e. The number of ether oxygens (including phenoxy) is 1. The normalized spacial score (nSPS) is 11.6. The molecule has 0 amide bonds. The van der Waals surface area contributed by atoms with Gasteiger partial charge in [0.25, 0.3) is 5.56 Å². The molecule has 2 aromatic heterocycles. The van der Waals surface area contributed by atoms with E-state index in [0.29, 0.717) is 28.1 Å². The summed E-state index contributed by atoms with van der Waals surface area (Å²) in [7, 11) is 1.60. The molecule has 0 atom stereocenters. The number of fused-ring (bicyclic) bond motifs is 3. The smallest absolute Gasteiger partial charge is 0.266 e. The van der Waals surface area contributed by atoms with Crippen LogP contribution in [0.5, 0.6) is 5.75 Å². The number of nitrogens with one attached hydrogen (secondary N) is 1. The van der Waals surface area contributed by atoms with Gasteiger partial charge in [-0.3, -0.25) is 9.69 Å². The minimum atomic E-state index is -0.237. The molecule has 0 spiro atoms. The van der Waals surface area contributed by atoms with E-state index in [-0.39, 0.29) is 11.4 Å². The van der Waals surface area contributed by atoms with Gasteiger partial charge in [0.15, 0.2) is 0 Å². The van der Waals surface area contributed by atoms with Crippen LogP contribution < -0.4 is 10.3 Å². The lowest BCUT2D eigenvalue weighted by Gasteiger charge is -2.19. The molecule has 29 heavy (non-hydrogen) atoms. The van der Waals surface area contributed by atoms with Gasteiger partial charge in [-0.2, -0.15) is 0 Å². The third-order valence-electron chi connectivity index (χ3n) is 5.41. The Kier molecular flexibility index (Phi) is 5.39. The van der Waals surface area contributed by atoms with Crippen molar-refractivity contribution in [3.05, 3.63) is 63.5 Å². The van der Waals surface area contributed by atoms with Crippen molar-refractivity contribution in [1.29, 1.82) is 0 Å². The van der Waals surface area contributed by atoms with Crippen LogP contribution in [0.4, 0.5) is 4.39 Å². The van der Waals surface area contributed by atoms with E-state index < -0.39 is 0 Å². The van der Waals surface area contributed by atoms with Crippen LogP contribution in [0.1, 0.15) is 19.4 Å². The third kappa shape index (κ3) is 3.43. The third-order valence-corrected chi connectivity index (χ3v) is 6.32. The molecule has 6 heteroatoms. The molecule has 2 heterocycles. The van der Waals surface area contributed by atoms with Crippen LogP contribution in [0.15, 0.2) is 46.6 Å². The molecule has 2 aromatic carbocycles. The summed E-state index contributed by atoms with van der Waals surface area (Å²) in [6, 6.07) is 10.9. The van der Waals surface area contributed by atoms with Gasteiger partial charge in [-0.15, -0.1) is 11.3 Å². The fraction of sp³-hybridized carbons (Fsp3) is 0.261. The Bertz CT molecular complexity index is 1240. The molecule has 4 rings (SSSR count). The van der Waals surface area contributed by atoms with Crippen LogP contribution in [-0.2, 0) is 6.54 Å². The summed E-state index contributed by atoms with van der Waals surface area (Å²) >= 11 is 1.40. The quantitative estimate of drug-likeness (QED) is 0.463. The number of hydrogen-bond donors (Lipinski definition) is 1. The van der Waals surface area contributed by atoms with Crippen molar-refractivity contribution in [3.8, 4) is 16.9 Å². The predicted molar refractivity (Wildman–Crippen MR) is 119 cm³/mol. The van der Waals surface area contributed by atoms with Gasteiger partial charge in [0.05, 0.1) is 7.11 Å². The van der Waals surface area contributed by atoms with Gasteiger partial charge in [-0.25, -0.2) is 4.39 Å². The number of H-pyrrole nitrogens is 1. The van der Waals surface area contributed by atoms with E-state index in [9.17, 15) is 9.18 Å². The van der Waals surface area contributed by atoms with Crippen molar-refractivity contribution >= 4 is 32.3 Å². The minimum absolute atomic E-state index is 0.112. The number of nitrogens with zero attached hydrogens (tertiary/aromatic N) is 1. The van der Waals surface area contributed by atoms with Crippen LogP contribution in [0, 0.1) is 5.82 Å². The lowest BCUT2D eigenvalue weighted by molar-refractivity contribution is 0.291. The zero-order valence-electron chi connectivity index (χ0n) is 16.7. The monoisotopic (exact) mass is 410 g/mol. The number of halogens is 1. The average molecular weight is 411 g/mol. The molecule has 0 unspecified atom stereocenters. The maximum absolute atomic E-state index is 15.0. The van der Waals surface area contributed by atoms with Gasteiger partial charge in [0.1, 0.15) is 16.3 Å². The van der Waals surface area contributed by atoms with E-state index in [1.165, 1.54) is 11.3 Å². The Morgan fingerprint density at radius 1 is 1.14 bits per heavy atom. The molecule has 4 aromatic rings. The molecule has 0 saturated carbocycles. The summed E-state index contributed by atoms with van der Waals surface area (Å²) in [6.45, 7) is 6.47. The number of thiophene rings is 1. The Morgan fingerprint density at radius 3 is 2.62 bits per heavy atom. The van der Waals surface area contributed by atoms with Crippen molar-refractivity contribution in [2.24, 2.45) is 0 Å². The van der Waals surface area contributed by atoms with E-state index in [4.69, 9.17) is 4.74 Å². The molecule has 1 N–H and O–H groups in total. The van der Waals surface area contributed by atoms with Gasteiger partial charge in [0.2, 0.25) is 0 Å². The number of methoxy groups -OCH3 is 1. The molecule has 0 aliphatic carbocycles. The molecule has 0 aliphatic rings. The standard InChI is InChI=1S/C23H23FN2O2S/c1-4-26(5-2)13-15-7-6-14(12-17(15)24)20-19(28-3)9-8-18-21(20)16-10-11-29-22(16)23(27)25-18/h6-12H,4-5,13H2,1-3H3,(H,25,27). The lowest BCUT2D eigenvalue weighted by Crippen LogP contribution is -2.22. The second kappa shape index (κ2) is 7.97. The van der Waals surface area contributed by atoms with Gasteiger partial charge < -0.3 is 9.72 Å². The SMILES string of the molecule is CCN(CC)Cc1ccc(-c2c(OC)ccc3[nH]c(=O)c4sccc4c23)cc1F. The van der Waals surface area contributed by atoms with Gasteiger partial charge >= 0.3 is 0 Å². The molecule has 0 saturated heterocycles. The Balaban J connectivity index is 1.94. The molecule has 0 fully saturated rings. The summed E-state index contributed by atoms with van der Waals surface area (Å²) in [5, 5.41) is 3.63. The molecular weight excluding hydrogens is 387 g/mol. The van der Waals surface area contributed by atoms with Crippen molar-refractivity contribution < 1.29 is 9.13 Å². The highest BCUT2D eigenvalue weighted by Gasteiger charge is 2.17. The maximum atomic E-state index is 15.0. The Labute approximate surface area is 172 Å². The molecule has 4 nitrogen and oxygen atoms in total. The van der Waals surface area contributed by atoms with Gasteiger partial charge in [0, 0.05) is 34.0 Å². The van der Waals surface area contributed by atoms with E-state index in [1.54, 1.807) is 13.2 Å². The van der Waals surface area contributed by atoms with Crippen molar-refractivity contribution in [3.63, 3.8) is 0 Å². The summed E-state index contributed by atoms with van der Waals surface area (Å²) in [6.07, 6.45) is 0. The number of rotatable bonds is 6. The van der Waals surface area contributed by atoms with Crippen molar-refractivity contribution in [2.75, 3.05) is 20.2 Å². The first-order chi connectivity index (χ1) is 14.1. The number of hydrogen-bond acceptors (Lipinski definition) is 4. The fourth-order valence-electron chi connectivity index (χ4n) is 3.80. The molecule has 0 bridgehead atoms. The van der Waals surface area contributed by atoms with Crippen LogP contribution >= 0.6 is 11.3 Å². The molecule has 0 aliphatic heterocycles. The van der Waals surface area contributed by atoms with E-state index >= 15 is 0 Å². The van der Waals surface area contributed by atoms with E-state index in [2.05, 4.69) is 23.7 Å². The van der Waals surface area contributed by atoms with Crippen LogP contribution in [-0.4, -0.2) is 30.1 Å². The fourth-order valence-corrected chi connectivity index (χ4v) is 4.60. The largest absolute Gasteiger partial charge is 0.496 e. The lowest BCUT2D eigenvalue weighted by atomic mass is 9.96. The zero-order chi connectivity index (χ0) is 20.5. The highest BCUT2D eigenvalue weighted by atomic mass is 32.1. The van der Waals surface area contributed by atoms with Crippen LogP contribution in [0.3, 0.4) is 0 Å². The predicted octanol–water partition coefficient (Wildman–Crippen LogP) is 5.40. The number of benzene rings is 2. The summed E-state index contributed by atoms with van der Waals surface area (Å²) in [4.78, 5) is 17.5. The second-order valence-corrected chi connectivity index (χ2v) is 7.87. The highest BCUT2D eigenvalue weighted by molar-refractivity contribution is 7.17. The minimum Gasteiger partial charge on any atom is -0.496 e.